The summed E-state index contributed by atoms with van der Waals surface area (Å²) in [6.45, 7) is 0. The van der Waals surface area contributed by atoms with E-state index in [-0.39, 0.29) is 14.5 Å². The molecule has 8 aromatic carbocycles. The molecule has 0 unspecified atom stereocenters. The number of hydrogen-bond donors (Lipinski definition) is 0. The fourth-order valence-electron chi connectivity index (χ4n) is 7.14. The van der Waals surface area contributed by atoms with Gasteiger partial charge in [0.05, 0.1) is 0 Å². The summed E-state index contributed by atoms with van der Waals surface area (Å²) in [5.41, 5.74) is 9.95. The Morgan fingerprint density at radius 2 is 0.887 bits per heavy atom. The SMILES string of the molecule is c1ccc(-c2cccc(-c3nc4ccc5cc(-c6ccc(-c7nc(-c8ccccc8)nc(-c8ccccc8)n7)c7ccccc67)ccc5c4[se]3)c2)cc1. The minimum absolute atomic E-state index is 0.0990. The minimum atomic E-state index is 0.0990. The summed E-state index contributed by atoms with van der Waals surface area (Å²) in [6, 6.07) is 63.8. The van der Waals surface area contributed by atoms with Crippen molar-refractivity contribution < 1.29 is 0 Å². The first-order chi connectivity index (χ1) is 26.2. The van der Waals surface area contributed by atoms with E-state index < -0.39 is 0 Å². The summed E-state index contributed by atoms with van der Waals surface area (Å²) < 4.78 is 2.52. The molecule has 0 atom stereocenters. The van der Waals surface area contributed by atoms with Crippen LogP contribution in [0.25, 0.3) is 97.9 Å². The second-order valence-electron chi connectivity index (χ2n) is 13.1. The van der Waals surface area contributed by atoms with Crippen LogP contribution >= 0.6 is 0 Å². The van der Waals surface area contributed by atoms with Gasteiger partial charge in [-0.3, -0.25) is 0 Å². The molecule has 0 amide bonds. The summed E-state index contributed by atoms with van der Waals surface area (Å²) >= 11 is 0.0990. The molecule has 10 aromatic rings. The Hall–Kier alpha value is -6.52. The third kappa shape index (κ3) is 5.83. The van der Waals surface area contributed by atoms with Gasteiger partial charge < -0.3 is 0 Å². The van der Waals surface area contributed by atoms with Crippen LogP contribution in [0.2, 0.25) is 0 Å². The first kappa shape index (κ1) is 31.2. The van der Waals surface area contributed by atoms with Gasteiger partial charge in [0, 0.05) is 11.1 Å². The van der Waals surface area contributed by atoms with Gasteiger partial charge in [-0.1, -0.05) is 60.7 Å². The van der Waals surface area contributed by atoms with Crippen molar-refractivity contribution in [2.45, 2.75) is 0 Å². The van der Waals surface area contributed by atoms with Crippen molar-refractivity contribution in [1.82, 2.24) is 19.9 Å². The molecule has 0 aliphatic carbocycles. The zero-order valence-electron chi connectivity index (χ0n) is 28.5. The number of fused-ring (bicyclic) bond motifs is 4. The van der Waals surface area contributed by atoms with E-state index in [2.05, 4.69) is 121 Å². The summed E-state index contributed by atoms with van der Waals surface area (Å²) in [5, 5.41) is 4.75. The molecule has 0 saturated heterocycles. The average Bonchev–Trinajstić information content (AvgIpc) is 3.69. The number of hydrogen-bond acceptors (Lipinski definition) is 4. The third-order valence-corrected chi connectivity index (χ3v) is 12.2. The van der Waals surface area contributed by atoms with Crippen LogP contribution in [0.5, 0.6) is 0 Å². The monoisotopic (exact) mass is 742 g/mol. The van der Waals surface area contributed by atoms with E-state index in [9.17, 15) is 0 Å². The van der Waals surface area contributed by atoms with Crippen molar-refractivity contribution in [2.24, 2.45) is 0 Å². The Bertz CT molecular complexity index is 2880. The summed E-state index contributed by atoms with van der Waals surface area (Å²) in [4.78, 5) is 20.1. The summed E-state index contributed by atoms with van der Waals surface area (Å²) in [5.74, 6) is 1.96. The second kappa shape index (κ2) is 13.2. The molecule has 0 bridgehead atoms. The van der Waals surface area contributed by atoms with Crippen molar-refractivity contribution in [3.63, 3.8) is 0 Å². The van der Waals surface area contributed by atoms with Crippen LogP contribution in [-0.2, 0) is 0 Å². The first-order valence-corrected chi connectivity index (χ1v) is 19.4. The quantitative estimate of drug-likeness (QED) is 0.159. The first-order valence-electron chi connectivity index (χ1n) is 17.6. The molecule has 2 heterocycles. The second-order valence-corrected chi connectivity index (χ2v) is 15.2. The van der Waals surface area contributed by atoms with Gasteiger partial charge in [0.15, 0.2) is 0 Å². The number of nitrogens with zero attached hydrogens (tertiary/aromatic N) is 4. The van der Waals surface area contributed by atoms with Gasteiger partial charge in [0.2, 0.25) is 0 Å². The van der Waals surface area contributed by atoms with E-state index >= 15 is 0 Å². The Balaban J connectivity index is 1.06. The van der Waals surface area contributed by atoms with E-state index in [0.29, 0.717) is 17.5 Å². The van der Waals surface area contributed by atoms with Gasteiger partial charge in [-0.15, -0.1) is 0 Å². The maximum absolute atomic E-state index is 5.15. The van der Waals surface area contributed by atoms with Crippen LogP contribution in [0.3, 0.4) is 0 Å². The van der Waals surface area contributed by atoms with Crippen LogP contribution in [0, 0.1) is 0 Å². The zero-order valence-corrected chi connectivity index (χ0v) is 30.2. The average molecular weight is 742 g/mol. The normalized spacial score (nSPS) is 11.4. The molecule has 0 saturated carbocycles. The molecule has 0 fully saturated rings. The number of benzene rings is 8. The number of aromatic nitrogens is 4. The van der Waals surface area contributed by atoms with Crippen molar-refractivity contribution >= 4 is 45.8 Å². The molecule has 248 valence electrons. The molecule has 10 rings (SSSR count). The molecule has 0 aliphatic heterocycles. The summed E-state index contributed by atoms with van der Waals surface area (Å²) in [6.07, 6.45) is 0. The zero-order chi connectivity index (χ0) is 35.1. The molecule has 53 heavy (non-hydrogen) atoms. The van der Waals surface area contributed by atoms with Crippen LogP contribution < -0.4 is 0 Å². The van der Waals surface area contributed by atoms with Crippen molar-refractivity contribution in [3.05, 3.63) is 182 Å². The van der Waals surface area contributed by atoms with E-state index in [0.717, 1.165) is 33.0 Å². The van der Waals surface area contributed by atoms with E-state index in [1.807, 2.05) is 60.7 Å². The molecule has 4 nitrogen and oxygen atoms in total. The Morgan fingerprint density at radius 1 is 0.321 bits per heavy atom. The van der Waals surface area contributed by atoms with Crippen molar-refractivity contribution in [3.8, 4) is 66.5 Å². The van der Waals surface area contributed by atoms with Crippen LogP contribution in [0.15, 0.2) is 182 Å². The van der Waals surface area contributed by atoms with Gasteiger partial charge in [-0.2, -0.15) is 0 Å². The standard InChI is InChI=1S/C48H30N4Se/c1-4-13-31(14-5-1)34-19-12-20-37(29-34)48-49-43-28-24-36-30-35(23-25-39(36)44(43)53-48)38-26-27-42(41-22-11-10-21-40(38)41)47-51-45(32-15-6-2-7-16-32)50-46(52-47)33-17-8-3-9-18-33/h1-30H. The Kier molecular flexibility index (Phi) is 7.79. The summed E-state index contributed by atoms with van der Waals surface area (Å²) in [7, 11) is 0. The molecule has 0 radical (unpaired) electrons. The predicted octanol–water partition coefficient (Wildman–Crippen LogP) is 11.8. The fraction of sp³-hybridized carbons (Fsp3) is 0. The van der Waals surface area contributed by atoms with Gasteiger partial charge in [-0.25, -0.2) is 4.98 Å². The molecule has 0 aliphatic rings. The fourth-order valence-corrected chi connectivity index (χ4v) is 9.44. The maximum atomic E-state index is 5.15. The van der Waals surface area contributed by atoms with Gasteiger partial charge >= 0.3 is 238 Å². The Morgan fingerprint density at radius 3 is 1.58 bits per heavy atom. The molecule has 0 N–H and O–H groups in total. The van der Waals surface area contributed by atoms with Gasteiger partial charge in [-0.05, 0) is 0 Å². The molecular formula is C48H30N4Se. The van der Waals surface area contributed by atoms with Crippen molar-refractivity contribution in [2.75, 3.05) is 0 Å². The van der Waals surface area contributed by atoms with Gasteiger partial charge in [0.1, 0.15) is 0 Å². The molecular weight excluding hydrogens is 712 g/mol. The molecule has 5 heteroatoms. The Labute approximate surface area is 312 Å². The molecule has 0 spiro atoms. The number of rotatable bonds is 6. The van der Waals surface area contributed by atoms with Crippen LogP contribution in [-0.4, -0.2) is 34.4 Å². The van der Waals surface area contributed by atoms with E-state index in [1.165, 1.54) is 47.4 Å². The van der Waals surface area contributed by atoms with E-state index in [4.69, 9.17) is 19.9 Å². The van der Waals surface area contributed by atoms with Crippen molar-refractivity contribution in [1.29, 1.82) is 0 Å². The van der Waals surface area contributed by atoms with E-state index in [1.54, 1.807) is 0 Å². The van der Waals surface area contributed by atoms with Crippen LogP contribution in [0.4, 0.5) is 0 Å². The van der Waals surface area contributed by atoms with Gasteiger partial charge in [0.25, 0.3) is 0 Å². The van der Waals surface area contributed by atoms with Crippen LogP contribution in [0.1, 0.15) is 0 Å². The third-order valence-electron chi connectivity index (χ3n) is 9.76. The topological polar surface area (TPSA) is 51.6 Å². The molecule has 2 aromatic heterocycles. The predicted molar refractivity (Wildman–Crippen MR) is 220 cm³/mol.